The Balaban J connectivity index is 1.83. The standard InChI is InChI=1S/C18H18Cl2N2O3S/c19-14-5-7-15(8-6-14)21-18(23)22(16-9-10-26(24,25)12-16)11-13-3-1-2-4-17(13)20/h1-8,16H,9-12H2,(H,21,23). The van der Waals surface area contributed by atoms with Crippen LogP contribution >= 0.6 is 23.2 Å². The van der Waals surface area contributed by atoms with E-state index in [0.717, 1.165) is 5.56 Å². The van der Waals surface area contributed by atoms with Gasteiger partial charge in [-0.05, 0) is 42.3 Å². The number of rotatable bonds is 4. The van der Waals surface area contributed by atoms with Gasteiger partial charge in [-0.2, -0.15) is 0 Å². The van der Waals surface area contributed by atoms with Crippen molar-refractivity contribution in [3.05, 3.63) is 64.1 Å². The Labute approximate surface area is 162 Å². The van der Waals surface area contributed by atoms with Gasteiger partial charge in [-0.15, -0.1) is 0 Å². The number of halogens is 2. The summed E-state index contributed by atoms with van der Waals surface area (Å²) in [6.07, 6.45) is 0.417. The van der Waals surface area contributed by atoms with Crippen molar-refractivity contribution >= 4 is 44.8 Å². The Kier molecular flexibility index (Phi) is 5.75. The molecule has 1 N–H and O–H groups in total. The van der Waals surface area contributed by atoms with Crippen LogP contribution in [0.3, 0.4) is 0 Å². The molecule has 0 aliphatic carbocycles. The summed E-state index contributed by atoms with van der Waals surface area (Å²) in [5.74, 6) is 0.0520. The molecular weight excluding hydrogens is 395 g/mol. The van der Waals surface area contributed by atoms with Crippen LogP contribution in [0.2, 0.25) is 10.0 Å². The summed E-state index contributed by atoms with van der Waals surface area (Å²) < 4.78 is 23.8. The normalized spacial score (nSPS) is 18.5. The van der Waals surface area contributed by atoms with Gasteiger partial charge in [-0.25, -0.2) is 13.2 Å². The zero-order valence-electron chi connectivity index (χ0n) is 13.9. The molecule has 138 valence electrons. The van der Waals surface area contributed by atoms with Crippen LogP contribution in [0, 0.1) is 0 Å². The van der Waals surface area contributed by atoms with Crippen LogP contribution in [0.4, 0.5) is 10.5 Å². The van der Waals surface area contributed by atoms with Crippen molar-refractivity contribution in [3.63, 3.8) is 0 Å². The monoisotopic (exact) mass is 412 g/mol. The molecule has 5 nitrogen and oxygen atoms in total. The second kappa shape index (κ2) is 7.86. The third-order valence-corrected chi connectivity index (χ3v) is 6.68. The first-order valence-corrected chi connectivity index (χ1v) is 10.7. The maximum atomic E-state index is 12.9. The van der Waals surface area contributed by atoms with Crippen molar-refractivity contribution < 1.29 is 13.2 Å². The predicted octanol–water partition coefficient (Wildman–Crippen LogP) is 4.21. The van der Waals surface area contributed by atoms with E-state index >= 15 is 0 Å². The van der Waals surface area contributed by atoms with E-state index in [1.807, 2.05) is 18.2 Å². The van der Waals surface area contributed by atoms with E-state index in [1.54, 1.807) is 35.2 Å². The minimum Gasteiger partial charge on any atom is -0.316 e. The lowest BCUT2D eigenvalue weighted by atomic mass is 10.1. The molecule has 0 spiro atoms. The third kappa shape index (κ3) is 4.69. The van der Waals surface area contributed by atoms with Gasteiger partial charge in [-0.1, -0.05) is 41.4 Å². The van der Waals surface area contributed by atoms with E-state index in [1.165, 1.54) is 0 Å². The molecule has 1 unspecified atom stereocenters. The SMILES string of the molecule is O=C(Nc1ccc(Cl)cc1)N(Cc1ccccc1Cl)C1CCS(=O)(=O)C1. The number of nitrogens with one attached hydrogen (secondary N) is 1. The zero-order chi connectivity index (χ0) is 18.7. The molecule has 26 heavy (non-hydrogen) atoms. The fourth-order valence-corrected chi connectivity index (χ4v) is 4.98. The van der Waals surface area contributed by atoms with Gasteiger partial charge in [0.2, 0.25) is 0 Å². The summed E-state index contributed by atoms with van der Waals surface area (Å²) in [6.45, 7) is 0.235. The van der Waals surface area contributed by atoms with Gasteiger partial charge < -0.3 is 10.2 Å². The molecule has 1 saturated heterocycles. The highest BCUT2D eigenvalue weighted by Crippen LogP contribution is 2.24. The number of sulfone groups is 1. The number of nitrogens with zero attached hydrogens (tertiary/aromatic N) is 1. The van der Waals surface area contributed by atoms with E-state index in [4.69, 9.17) is 23.2 Å². The Hall–Kier alpha value is -1.76. The lowest BCUT2D eigenvalue weighted by Gasteiger charge is -2.29. The van der Waals surface area contributed by atoms with Gasteiger partial charge in [0.1, 0.15) is 0 Å². The minimum absolute atomic E-state index is 0.0362. The topological polar surface area (TPSA) is 66.5 Å². The van der Waals surface area contributed by atoms with Gasteiger partial charge >= 0.3 is 6.03 Å². The average molecular weight is 413 g/mol. The summed E-state index contributed by atoms with van der Waals surface area (Å²) in [4.78, 5) is 14.4. The van der Waals surface area contributed by atoms with Crippen LogP contribution < -0.4 is 5.32 Å². The molecule has 1 aliphatic heterocycles. The quantitative estimate of drug-likeness (QED) is 0.817. The zero-order valence-corrected chi connectivity index (χ0v) is 16.2. The highest BCUT2D eigenvalue weighted by atomic mass is 35.5. The van der Waals surface area contributed by atoms with Crippen LogP contribution in [0.5, 0.6) is 0 Å². The summed E-state index contributed by atoms with van der Waals surface area (Å²) in [5, 5.41) is 3.91. The number of anilines is 1. The number of hydrogen-bond acceptors (Lipinski definition) is 3. The molecule has 1 aliphatic rings. The Morgan fingerprint density at radius 3 is 2.42 bits per heavy atom. The van der Waals surface area contributed by atoms with Gasteiger partial charge in [0.05, 0.1) is 11.5 Å². The van der Waals surface area contributed by atoms with Crippen LogP contribution in [-0.4, -0.2) is 36.9 Å². The van der Waals surface area contributed by atoms with Crippen molar-refractivity contribution in [1.82, 2.24) is 4.90 Å². The first kappa shape index (κ1) is 19.0. The van der Waals surface area contributed by atoms with E-state index in [-0.39, 0.29) is 30.1 Å². The van der Waals surface area contributed by atoms with Crippen LogP contribution in [0.1, 0.15) is 12.0 Å². The molecule has 0 saturated carbocycles. The first-order chi connectivity index (χ1) is 12.3. The molecule has 8 heteroatoms. The number of benzene rings is 2. The molecular formula is C18H18Cl2N2O3S. The summed E-state index contributed by atoms with van der Waals surface area (Å²) in [6, 6.07) is 13.2. The van der Waals surface area contributed by atoms with Crippen molar-refractivity contribution in [1.29, 1.82) is 0 Å². The Bertz CT molecular complexity index is 901. The highest BCUT2D eigenvalue weighted by Gasteiger charge is 2.35. The Morgan fingerprint density at radius 2 is 1.81 bits per heavy atom. The lowest BCUT2D eigenvalue weighted by molar-refractivity contribution is 0.190. The molecule has 1 heterocycles. The van der Waals surface area contributed by atoms with Gasteiger partial charge in [0, 0.05) is 28.3 Å². The number of urea groups is 1. The van der Waals surface area contributed by atoms with Gasteiger partial charge in [0.25, 0.3) is 0 Å². The number of hydrogen-bond donors (Lipinski definition) is 1. The maximum absolute atomic E-state index is 12.9. The molecule has 3 rings (SSSR count). The van der Waals surface area contributed by atoms with Gasteiger partial charge in [0.15, 0.2) is 9.84 Å². The third-order valence-electron chi connectivity index (χ3n) is 4.30. The fourth-order valence-electron chi connectivity index (χ4n) is 2.93. The van der Waals surface area contributed by atoms with Gasteiger partial charge in [-0.3, -0.25) is 0 Å². The number of amides is 2. The second-order valence-electron chi connectivity index (χ2n) is 6.21. The Morgan fingerprint density at radius 1 is 1.12 bits per heavy atom. The molecule has 0 radical (unpaired) electrons. The van der Waals surface area contributed by atoms with Crippen molar-refractivity contribution in [3.8, 4) is 0 Å². The average Bonchev–Trinajstić information content (AvgIpc) is 2.95. The fraction of sp³-hybridized carbons (Fsp3) is 0.278. The number of carbonyl (C=O) groups excluding carboxylic acids is 1. The van der Waals surface area contributed by atoms with E-state index in [0.29, 0.717) is 22.2 Å². The van der Waals surface area contributed by atoms with Crippen molar-refractivity contribution in [2.45, 2.75) is 19.0 Å². The molecule has 1 fully saturated rings. The molecule has 1 atom stereocenters. The molecule has 2 aromatic rings. The van der Waals surface area contributed by atoms with Crippen molar-refractivity contribution in [2.24, 2.45) is 0 Å². The second-order valence-corrected chi connectivity index (χ2v) is 9.29. The van der Waals surface area contributed by atoms with Crippen LogP contribution in [0.25, 0.3) is 0 Å². The molecule has 2 amide bonds. The van der Waals surface area contributed by atoms with Crippen molar-refractivity contribution in [2.75, 3.05) is 16.8 Å². The molecule has 0 aromatic heterocycles. The van der Waals surface area contributed by atoms with E-state index < -0.39 is 9.84 Å². The predicted molar refractivity (Wildman–Crippen MR) is 105 cm³/mol. The summed E-state index contributed by atoms with van der Waals surface area (Å²) >= 11 is 12.1. The molecule has 2 aromatic carbocycles. The van der Waals surface area contributed by atoms with E-state index in [2.05, 4.69) is 5.32 Å². The minimum atomic E-state index is -3.13. The lowest BCUT2D eigenvalue weighted by Crippen LogP contribution is -2.43. The highest BCUT2D eigenvalue weighted by molar-refractivity contribution is 7.91. The van der Waals surface area contributed by atoms with E-state index in [9.17, 15) is 13.2 Å². The largest absolute Gasteiger partial charge is 0.322 e. The number of carbonyl (C=O) groups is 1. The summed E-state index contributed by atoms with van der Waals surface area (Å²) in [5.41, 5.74) is 1.36. The maximum Gasteiger partial charge on any atom is 0.322 e. The molecule has 0 bridgehead atoms. The smallest absolute Gasteiger partial charge is 0.316 e. The van der Waals surface area contributed by atoms with Crippen LogP contribution in [0.15, 0.2) is 48.5 Å². The first-order valence-electron chi connectivity index (χ1n) is 8.11. The van der Waals surface area contributed by atoms with Crippen LogP contribution in [-0.2, 0) is 16.4 Å². The summed E-state index contributed by atoms with van der Waals surface area (Å²) in [7, 11) is -3.13.